The van der Waals surface area contributed by atoms with Gasteiger partial charge < -0.3 is 5.32 Å². The maximum Gasteiger partial charge on any atom is 0.228 e. The molecule has 2 rings (SSSR count). The molecule has 0 spiro atoms. The molecule has 0 heterocycles. The molecule has 0 fully saturated rings. The molecule has 1 unspecified atom stereocenters. The van der Waals surface area contributed by atoms with Gasteiger partial charge in [0.25, 0.3) is 0 Å². The zero-order chi connectivity index (χ0) is 11.8. The lowest BCUT2D eigenvalue weighted by atomic mass is 9.77. The van der Waals surface area contributed by atoms with E-state index in [0.717, 1.165) is 12.0 Å². The summed E-state index contributed by atoms with van der Waals surface area (Å²) in [7, 11) is 0. The summed E-state index contributed by atoms with van der Waals surface area (Å²) < 4.78 is 0. The molecule has 1 atom stereocenters. The van der Waals surface area contributed by atoms with Crippen LogP contribution in [0.1, 0.15) is 30.9 Å². The Labute approximate surface area is 101 Å². The molecule has 0 aromatic heterocycles. The molecule has 0 bridgehead atoms. The second-order valence-electron chi connectivity index (χ2n) is 4.96. The lowest BCUT2D eigenvalue weighted by molar-refractivity contribution is -0.124. The average molecular weight is 238 g/mol. The smallest absolute Gasteiger partial charge is 0.228 e. The van der Waals surface area contributed by atoms with Crippen molar-refractivity contribution in [1.29, 1.82) is 0 Å². The Morgan fingerprint density at radius 2 is 2.19 bits per heavy atom. The Hall–Kier alpha value is -1.02. The van der Waals surface area contributed by atoms with Crippen LogP contribution < -0.4 is 5.32 Å². The minimum Gasteiger partial charge on any atom is -0.349 e. The van der Waals surface area contributed by atoms with Crippen LogP contribution in [0.15, 0.2) is 24.3 Å². The number of rotatable bonds is 3. The second kappa shape index (κ2) is 4.10. The van der Waals surface area contributed by atoms with E-state index in [4.69, 9.17) is 11.6 Å². The number of carbonyl (C=O) groups excluding carboxylic acids is 1. The minimum atomic E-state index is -0.330. The maximum atomic E-state index is 12.0. The molecule has 86 valence electrons. The zero-order valence-electron chi connectivity index (χ0n) is 9.59. The lowest BCUT2D eigenvalue weighted by Crippen LogP contribution is -2.48. The van der Waals surface area contributed by atoms with E-state index >= 15 is 0 Å². The van der Waals surface area contributed by atoms with E-state index < -0.39 is 0 Å². The Bertz CT molecular complexity index is 414. The van der Waals surface area contributed by atoms with E-state index in [-0.39, 0.29) is 17.4 Å². The molecule has 1 aliphatic carbocycles. The van der Waals surface area contributed by atoms with Crippen molar-refractivity contribution < 1.29 is 4.79 Å². The number of carbonyl (C=O) groups is 1. The van der Waals surface area contributed by atoms with E-state index in [9.17, 15) is 4.79 Å². The molecule has 16 heavy (non-hydrogen) atoms. The summed E-state index contributed by atoms with van der Waals surface area (Å²) in [6.45, 7) is 3.87. The van der Waals surface area contributed by atoms with Gasteiger partial charge in [-0.1, -0.05) is 24.3 Å². The Balaban J connectivity index is 2.05. The van der Waals surface area contributed by atoms with Crippen molar-refractivity contribution in [2.24, 2.45) is 0 Å². The first-order valence-corrected chi connectivity index (χ1v) is 6.03. The number of benzene rings is 1. The quantitative estimate of drug-likeness (QED) is 0.804. The van der Waals surface area contributed by atoms with Crippen LogP contribution in [-0.4, -0.2) is 17.3 Å². The monoisotopic (exact) mass is 237 g/mol. The molecular weight excluding hydrogens is 222 g/mol. The molecule has 0 aliphatic heterocycles. The van der Waals surface area contributed by atoms with Crippen LogP contribution in [0, 0.1) is 0 Å². The Morgan fingerprint density at radius 3 is 2.81 bits per heavy atom. The lowest BCUT2D eigenvalue weighted by Gasteiger charge is -2.32. The van der Waals surface area contributed by atoms with Crippen LogP contribution >= 0.6 is 11.6 Å². The average Bonchev–Trinajstić information content (AvgIpc) is 2.19. The first kappa shape index (κ1) is 11.5. The normalized spacial score (nSPS) is 18.6. The van der Waals surface area contributed by atoms with Gasteiger partial charge in [-0.25, -0.2) is 0 Å². The van der Waals surface area contributed by atoms with Crippen molar-refractivity contribution in [3.8, 4) is 0 Å². The fourth-order valence-electron chi connectivity index (χ4n) is 1.95. The van der Waals surface area contributed by atoms with Gasteiger partial charge in [0.2, 0.25) is 5.91 Å². The molecule has 0 saturated heterocycles. The van der Waals surface area contributed by atoms with Crippen LogP contribution in [0.25, 0.3) is 0 Å². The highest BCUT2D eigenvalue weighted by Crippen LogP contribution is 2.35. The third kappa shape index (κ3) is 2.07. The van der Waals surface area contributed by atoms with Crippen LogP contribution in [0.3, 0.4) is 0 Å². The van der Waals surface area contributed by atoms with Gasteiger partial charge in [0.15, 0.2) is 0 Å². The summed E-state index contributed by atoms with van der Waals surface area (Å²) >= 11 is 5.79. The van der Waals surface area contributed by atoms with Crippen molar-refractivity contribution in [1.82, 2.24) is 5.32 Å². The fraction of sp³-hybridized carbons (Fsp3) is 0.462. The number of halogens is 1. The van der Waals surface area contributed by atoms with E-state index in [0.29, 0.717) is 5.88 Å². The summed E-state index contributed by atoms with van der Waals surface area (Å²) in [4.78, 5) is 12.0. The van der Waals surface area contributed by atoms with Gasteiger partial charge in [-0.2, -0.15) is 0 Å². The highest BCUT2D eigenvalue weighted by atomic mass is 35.5. The van der Waals surface area contributed by atoms with Crippen LogP contribution in [0.5, 0.6) is 0 Å². The summed E-state index contributed by atoms with van der Waals surface area (Å²) in [5.41, 5.74) is 2.11. The Morgan fingerprint density at radius 1 is 1.50 bits per heavy atom. The predicted octanol–water partition coefficient (Wildman–Crippen LogP) is 2.46. The zero-order valence-corrected chi connectivity index (χ0v) is 10.3. The van der Waals surface area contributed by atoms with E-state index in [1.807, 2.05) is 32.0 Å². The topological polar surface area (TPSA) is 29.1 Å². The van der Waals surface area contributed by atoms with E-state index in [1.165, 1.54) is 5.56 Å². The van der Waals surface area contributed by atoms with Gasteiger partial charge >= 0.3 is 0 Å². The maximum absolute atomic E-state index is 12.0. The predicted molar refractivity (Wildman–Crippen MR) is 65.8 cm³/mol. The molecule has 1 aromatic rings. The molecule has 2 nitrogen and oxygen atoms in total. The van der Waals surface area contributed by atoms with Crippen LogP contribution in [-0.2, 0) is 11.2 Å². The van der Waals surface area contributed by atoms with Crippen LogP contribution in [0.4, 0.5) is 0 Å². The van der Waals surface area contributed by atoms with Gasteiger partial charge in [-0.15, -0.1) is 11.6 Å². The summed E-state index contributed by atoms with van der Waals surface area (Å²) in [6, 6.07) is 8.09. The molecule has 0 radical (unpaired) electrons. The number of alkyl halides is 1. The number of hydrogen-bond donors (Lipinski definition) is 1. The molecule has 1 N–H and O–H groups in total. The molecule has 0 saturated carbocycles. The highest BCUT2D eigenvalue weighted by molar-refractivity contribution is 6.18. The summed E-state index contributed by atoms with van der Waals surface area (Å²) in [5, 5.41) is 2.98. The minimum absolute atomic E-state index is 0.0127. The van der Waals surface area contributed by atoms with Gasteiger partial charge in [0.1, 0.15) is 0 Å². The van der Waals surface area contributed by atoms with Crippen molar-refractivity contribution in [2.75, 3.05) is 5.88 Å². The number of fused-ring (bicyclic) bond motifs is 1. The first-order valence-electron chi connectivity index (χ1n) is 5.49. The molecule has 1 aliphatic rings. The second-order valence-corrected chi connectivity index (χ2v) is 5.23. The molecular formula is C13H16ClNO. The van der Waals surface area contributed by atoms with Crippen molar-refractivity contribution in [2.45, 2.75) is 31.7 Å². The van der Waals surface area contributed by atoms with Gasteiger partial charge in [0.05, 0.1) is 5.92 Å². The molecule has 1 amide bonds. The third-order valence-electron chi connectivity index (χ3n) is 2.97. The number of hydrogen-bond acceptors (Lipinski definition) is 1. The van der Waals surface area contributed by atoms with Crippen LogP contribution in [0.2, 0.25) is 0 Å². The van der Waals surface area contributed by atoms with Gasteiger partial charge in [-0.3, -0.25) is 4.79 Å². The van der Waals surface area contributed by atoms with Crippen molar-refractivity contribution >= 4 is 17.5 Å². The van der Waals surface area contributed by atoms with E-state index in [2.05, 4.69) is 11.4 Å². The van der Waals surface area contributed by atoms with Crippen molar-refractivity contribution in [3.05, 3.63) is 35.4 Å². The first-order chi connectivity index (χ1) is 7.53. The van der Waals surface area contributed by atoms with Gasteiger partial charge in [0, 0.05) is 11.4 Å². The van der Waals surface area contributed by atoms with Crippen molar-refractivity contribution in [3.63, 3.8) is 0 Å². The fourth-order valence-corrected chi connectivity index (χ4v) is 2.01. The summed E-state index contributed by atoms with van der Waals surface area (Å²) in [5.74, 6) is 0.524. The molecule has 1 aromatic carbocycles. The number of nitrogens with one attached hydrogen (secondary N) is 1. The standard InChI is InChI=1S/C13H16ClNO/c1-13(2,8-14)15-12(16)11-7-9-5-3-4-6-10(9)11/h3-6,11H,7-8H2,1-2H3,(H,15,16). The number of amides is 1. The highest BCUT2D eigenvalue weighted by Gasteiger charge is 2.33. The largest absolute Gasteiger partial charge is 0.349 e. The van der Waals surface area contributed by atoms with E-state index in [1.54, 1.807) is 0 Å². The summed E-state index contributed by atoms with van der Waals surface area (Å²) in [6.07, 6.45) is 0.848. The SMILES string of the molecule is CC(C)(CCl)NC(=O)C1Cc2ccccc21. The third-order valence-corrected chi connectivity index (χ3v) is 3.63. The van der Waals surface area contributed by atoms with Gasteiger partial charge in [-0.05, 0) is 31.4 Å². The Kier molecular flexibility index (Phi) is 2.94. The molecule has 3 heteroatoms.